The van der Waals surface area contributed by atoms with Gasteiger partial charge < -0.3 is 30.6 Å². The zero-order chi connectivity index (χ0) is 27.8. The number of aryl methyl sites for hydroxylation is 1. The third-order valence-corrected chi connectivity index (χ3v) is 7.35. The topological polar surface area (TPSA) is 115 Å². The van der Waals surface area contributed by atoms with Crippen LogP contribution in [0, 0.1) is 0 Å². The van der Waals surface area contributed by atoms with Crippen LogP contribution in [0.4, 0.5) is 10.5 Å². The third kappa shape index (κ3) is 7.36. The van der Waals surface area contributed by atoms with Crippen LogP contribution < -0.4 is 16.4 Å². The molecule has 0 saturated carbocycles. The van der Waals surface area contributed by atoms with Crippen molar-refractivity contribution in [3.8, 4) is 0 Å². The van der Waals surface area contributed by atoms with E-state index in [9.17, 15) is 9.59 Å². The fourth-order valence-electron chi connectivity index (χ4n) is 5.35. The van der Waals surface area contributed by atoms with Crippen LogP contribution in [0.5, 0.6) is 0 Å². The highest BCUT2D eigenvalue weighted by atomic mass is 16.5. The van der Waals surface area contributed by atoms with Gasteiger partial charge in [-0.05, 0) is 48.9 Å². The molecule has 1 aliphatic heterocycles. The van der Waals surface area contributed by atoms with Crippen molar-refractivity contribution >= 4 is 28.7 Å². The number of hydrogen-bond donors (Lipinski definition) is 3. The average molecular weight is 535 g/mol. The van der Waals surface area contributed by atoms with Gasteiger partial charge in [-0.15, -0.1) is 0 Å². The molecule has 39 heavy (non-hydrogen) atoms. The molecule has 4 rings (SSSR count). The van der Waals surface area contributed by atoms with Gasteiger partial charge in [-0.25, -0.2) is 9.78 Å². The number of urea groups is 1. The van der Waals surface area contributed by atoms with Gasteiger partial charge in [0.1, 0.15) is 5.82 Å². The van der Waals surface area contributed by atoms with Gasteiger partial charge in [0.25, 0.3) is 0 Å². The van der Waals surface area contributed by atoms with E-state index < -0.39 is 6.04 Å². The number of nitrogens with two attached hydrogens (primary N) is 1. The Bertz CT molecular complexity index is 1260. The number of rotatable bonds is 11. The number of carbonyl (C=O) groups excluding carboxylic acids is 2. The van der Waals surface area contributed by atoms with E-state index in [0.717, 1.165) is 53.9 Å². The maximum Gasteiger partial charge on any atom is 0.319 e. The number of fused-ring (bicyclic) bond motifs is 1. The molecule has 1 saturated heterocycles. The number of carbonyl (C=O) groups is 2. The molecule has 0 spiro atoms. The summed E-state index contributed by atoms with van der Waals surface area (Å²) >= 11 is 0. The molecular weight excluding hydrogens is 492 g/mol. The van der Waals surface area contributed by atoms with Crippen LogP contribution in [0.3, 0.4) is 0 Å². The molecule has 3 aromatic rings. The predicted octanol–water partition coefficient (Wildman–Crippen LogP) is 4.44. The van der Waals surface area contributed by atoms with Crippen molar-refractivity contribution in [1.29, 1.82) is 0 Å². The molecule has 1 fully saturated rings. The zero-order valence-electron chi connectivity index (χ0n) is 23.4. The Hall–Kier alpha value is -3.43. The van der Waals surface area contributed by atoms with Crippen molar-refractivity contribution in [2.45, 2.75) is 64.0 Å². The van der Waals surface area contributed by atoms with Crippen molar-refractivity contribution < 1.29 is 14.3 Å². The SMILES string of the molecule is COCCCn1c([C@@H]2CCCN(C(=O)C[C@@H](N)CNC(=O)Nc3ccccc3C(C)C)C2)nc2ccccc21. The Morgan fingerprint density at radius 2 is 1.92 bits per heavy atom. The Labute approximate surface area is 231 Å². The minimum Gasteiger partial charge on any atom is -0.385 e. The molecule has 0 aliphatic carbocycles. The smallest absolute Gasteiger partial charge is 0.319 e. The number of amides is 3. The number of anilines is 1. The van der Waals surface area contributed by atoms with Gasteiger partial charge in [0.05, 0.1) is 11.0 Å². The van der Waals surface area contributed by atoms with Crippen LogP contribution in [0.25, 0.3) is 11.0 Å². The molecule has 3 amide bonds. The van der Waals surface area contributed by atoms with E-state index in [2.05, 4.69) is 35.1 Å². The molecule has 4 N–H and O–H groups in total. The molecule has 2 atom stereocenters. The number of aromatic nitrogens is 2. The van der Waals surface area contributed by atoms with Crippen molar-refractivity contribution in [3.63, 3.8) is 0 Å². The lowest BCUT2D eigenvalue weighted by Crippen LogP contribution is -2.45. The van der Waals surface area contributed by atoms with Crippen LogP contribution in [0.15, 0.2) is 48.5 Å². The Morgan fingerprint density at radius 1 is 1.15 bits per heavy atom. The first kappa shape index (κ1) is 28.6. The number of hydrogen-bond acceptors (Lipinski definition) is 5. The number of methoxy groups -OCH3 is 1. The molecule has 0 unspecified atom stereocenters. The van der Waals surface area contributed by atoms with E-state index in [1.165, 1.54) is 0 Å². The minimum absolute atomic E-state index is 0.0154. The standard InChI is InChI=1S/C30H42N6O3/c1-21(2)24-11-4-5-12-25(24)34-30(38)32-19-23(31)18-28(37)35-15-8-10-22(20-35)29-33-26-13-6-7-14-27(26)36(29)16-9-17-39-3/h4-7,11-14,21-23H,8-10,15-20,31H2,1-3H3,(H2,32,34,38)/t22-,23-/m1/s1. The Morgan fingerprint density at radius 3 is 2.72 bits per heavy atom. The van der Waals surface area contributed by atoms with Crippen molar-refractivity contribution in [2.75, 3.05) is 38.7 Å². The fourth-order valence-corrected chi connectivity index (χ4v) is 5.35. The highest BCUT2D eigenvalue weighted by molar-refractivity contribution is 5.90. The molecule has 1 aliphatic rings. The zero-order valence-corrected chi connectivity index (χ0v) is 23.4. The summed E-state index contributed by atoms with van der Waals surface area (Å²) in [7, 11) is 1.72. The summed E-state index contributed by atoms with van der Waals surface area (Å²) < 4.78 is 7.56. The second-order valence-corrected chi connectivity index (χ2v) is 10.7. The molecular formula is C30H42N6O3. The van der Waals surface area contributed by atoms with Crippen LogP contribution in [-0.4, -0.2) is 65.8 Å². The number of likely N-dealkylation sites (tertiary alicyclic amines) is 1. The normalized spacial score (nSPS) is 16.4. The van der Waals surface area contributed by atoms with E-state index in [-0.39, 0.29) is 36.7 Å². The first-order chi connectivity index (χ1) is 18.9. The molecule has 0 radical (unpaired) electrons. The highest BCUT2D eigenvalue weighted by Gasteiger charge is 2.29. The summed E-state index contributed by atoms with van der Waals surface area (Å²) in [5, 5.41) is 5.72. The van der Waals surface area contributed by atoms with E-state index >= 15 is 0 Å². The van der Waals surface area contributed by atoms with Gasteiger partial charge in [0.15, 0.2) is 0 Å². The second-order valence-electron chi connectivity index (χ2n) is 10.7. The monoisotopic (exact) mass is 534 g/mol. The first-order valence-electron chi connectivity index (χ1n) is 14.0. The lowest BCUT2D eigenvalue weighted by atomic mass is 9.96. The molecule has 1 aromatic heterocycles. The number of nitrogens with one attached hydrogen (secondary N) is 2. The van der Waals surface area contributed by atoms with Crippen molar-refractivity contribution in [3.05, 3.63) is 59.9 Å². The second kappa shape index (κ2) is 13.6. The van der Waals surface area contributed by atoms with Crippen LogP contribution >= 0.6 is 0 Å². The Kier molecular flexibility index (Phi) is 9.95. The molecule has 210 valence electrons. The fraction of sp³-hybridized carbons (Fsp3) is 0.500. The van der Waals surface area contributed by atoms with Crippen molar-refractivity contribution in [1.82, 2.24) is 19.8 Å². The number of nitrogens with zero attached hydrogens (tertiary/aromatic N) is 3. The highest BCUT2D eigenvalue weighted by Crippen LogP contribution is 2.30. The molecule has 2 aromatic carbocycles. The number of para-hydroxylation sites is 3. The summed E-state index contributed by atoms with van der Waals surface area (Å²) in [6.07, 6.45) is 2.99. The number of imidazole rings is 1. The van der Waals surface area contributed by atoms with Crippen LogP contribution in [-0.2, 0) is 16.1 Å². The lowest BCUT2D eigenvalue weighted by molar-refractivity contribution is -0.132. The number of ether oxygens (including phenoxy) is 1. The maximum atomic E-state index is 13.2. The maximum absolute atomic E-state index is 13.2. The van der Waals surface area contributed by atoms with Crippen LogP contribution in [0.2, 0.25) is 0 Å². The van der Waals surface area contributed by atoms with Gasteiger partial charge in [0.2, 0.25) is 5.91 Å². The molecule has 9 heteroatoms. The summed E-state index contributed by atoms with van der Waals surface area (Å²) in [5.41, 5.74) is 10.2. The van der Waals surface area contributed by atoms with Gasteiger partial charge >= 0.3 is 6.03 Å². The number of benzene rings is 2. The first-order valence-corrected chi connectivity index (χ1v) is 14.0. The van der Waals surface area contributed by atoms with Gasteiger partial charge in [-0.2, -0.15) is 0 Å². The Balaban J connectivity index is 1.32. The third-order valence-electron chi connectivity index (χ3n) is 7.35. The molecule has 2 heterocycles. The number of piperidine rings is 1. The average Bonchev–Trinajstić information content (AvgIpc) is 3.31. The lowest BCUT2D eigenvalue weighted by Gasteiger charge is -2.33. The van der Waals surface area contributed by atoms with Crippen molar-refractivity contribution in [2.24, 2.45) is 5.73 Å². The van der Waals surface area contributed by atoms with Crippen LogP contribution in [0.1, 0.15) is 62.8 Å². The summed E-state index contributed by atoms with van der Waals surface area (Å²) in [6, 6.07) is 15.1. The van der Waals surface area contributed by atoms with E-state index in [1.807, 2.05) is 47.4 Å². The summed E-state index contributed by atoms with van der Waals surface area (Å²) in [6.45, 7) is 7.24. The minimum atomic E-state index is -0.470. The van der Waals surface area contributed by atoms with E-state index in [4.69, 9.17) is 15.5 Å². The summed E-state index contributed by atoms with van der Waals surface area (Å²) in [5.74, 6) is 1.51. The largest absolute Gasteiger partial charge is 0.385 e. The quantitative estimate of drug-likeness (QED) is 0.315. The molecule has 0 bridgehead atoms. The van der Waals surface area contributed by atoms with Gasteiger partial charge in [0, 0.05) is 64.0 Å². The van der Waals surface area contributed by atoms with E-state index in [1.54, 1.807) is 7.11 Å². The van der Waals surface area contributed by atoms with Gasteiger partial charge in [-0.1, -0.05) is 44.2 Å². The summed E-state index contributed by atoms with van der Waals surface area (Å²) in [4.78, 5) is 32.6. The predicted molar refractivity (Wildman–Crippen MR) is 155 cm³/mol. The van der Waals surface area contributed by atoms with Gasteiger partial charge in [-0.3, -0.25) is 4.79 Å². The van der Waals surface area contributed by atoms with E-state index in [0.29, 0.717) is 19.7 Å². The molecule has 9 nitrogen and oxygen atoms in total.